The van der Waals surface area contributed by atoms with Gasteiger partial charge in [-0.15, -0.1) is 0 Å². The van der Waals surface area contributed by atoms with Crippen molar-refractivity contribution >= 4 is 46.6 Å². The van der Waals surface area contributed by atoms with Crippen molar-refractivity contribution in [3.63, 3.8) is 0 Å². The largest absolute Gasteiger partial charge is 0.449 e. The quantitative estimate of drug-likeness (QED) is 0.426. The molecule has 0 heterocycles. The average molecular weight is 401 g/mol. The highest BCUT2D eigenvalue weighted by Crippen LogP contribution is 2.26. The number of nitrogen functional groups attached to an aromatic ring is 1. The second-order valence-corrected chi connectivity index (χ2v) is 6.67. The fourth-order valence-electron chi connectivity index (χ4n) is 1.96. The Morgan fingerprint density at radius 2 is 1.85 bits per heavy atom. The van der Waals surface area contributed by atoms with Gasteiger partial charge >= 0.3 is 5.97 Å². The summed E-state index contributed by atoms with van der Waals surface area (Å²) in [5, 5.41) is 2.91. The van der Waals surface area contributed by atoms with E-state index in [4.69, 9.17) is 22.1 Å². The first-order valence-electron chi connectivity index (χ1n) is 7.38. The molecule has 0 bridgehead atoms. The molecule has 2 rings (SSSR count). The van der Waals surface area contributed by atoms with Gasteiger partial charge < -0.3 is 15.8 Å². The zero-order chi connectivity index (χ0) is 19.3. The Kier molecular flexibility index (Phi) is 6.82. The summed E-state index contributed by atoms with van der Waals surface area (Å²) in [4.78, 5) is 24.6. The van der Waals surface area contributed by atoms with Gasteiger partial charge in [0.15, 0.2) is 6.10 Å². The third-order valence-corrected chi connectivity index (χ3v) is 4.19. The van der Waals surface area contributed by atoms with Crippen molar-refractivity contribution in [3.05, 3.63) is 53.1 Å². The molecule has 2 aromatic rings. The van der Waals surface area contributed by atoms with E-state index in [1.807, 2.05) is 0 Å². The minimum absolute atomic E-state index is 0.0995. The molecule has 3 N–H and O–H groups in total. The summed E-state index contributed by atoms with van der Waals surface area (Å²) >= 11 is 6.17. The number of thioether (sulfide) groups is 1. The molecular weight excluding hydrogens is 386 g/mol. The molecule has 0 saturated carbocycles. The second-order valence-electron chi connectivity index (χ2n) is 5.17. The maximum absolute atomic E-state index is 12.3. The van der Waals surface area contributed by atoms with E-state index in [2.05, 4.69) is 5.32 Å². The molecule has 1 amide bonds. The van der Waals surface area contributed by atoms with E-state index in [1.54, 1.807) is 0 Å². The van der Waals surface area contributed by atoms with Gasteiger partial charge in [-0.05, 0) is 49.4 Å². The van der Waals surface area contributed by atoms with E-state index in [-0.39, 0.29) is 11.3 Å². The lowest BCUT2D eigenvalue weighted by molar-refractivity contribution is -0.123. The smallest absolute Gasteiger partial charge is 0.341 e. The fourth-order valence-corrected chi connectivity index (χ4v) is 2.64. The summed E-state index contributed by atoms with van der Waals surface area (Å²) < 4.78 is 29.6. The fraction of sp³-hybridized carbons (Fsp3) is 0.176. The first kappa shape index (κ1) is 20.0. The number of carbonyl (C=O) groups excluding carboxylic acids is 2. The molecule has 2 aromatic carbocycles. The van der Waals surface area contributed by atoms with Crippen molar-refractivity contribution in [2.24, 2.45) is 0 Å². The van der Waals surface area contributed by atoms with Crippen LogP contribution in [0.15, 0.2) is 47.4 Å². The van der Waals surface area contributed by atoms with Gasteiger partial charge in [0.05, 0.1) is 5.56 Å². The summed E-state index contributed by atoms with van der Waals surface area (Å²) in [7, 11) is 0. The topological polar surface area (TPSA) is 81.4 Å². The molecule has 5 nitrogen and oxygen atoms in total. The number of rotatable bonds is 6. The van der Waals surface area contributed by atoms with Crippen LogP contribution in [0.25, 0.3) is 0 Å². The predicted octanol–water partition coefficient (Wildman–Crippen LogP) is 4.42. The van der Waals surface area contributed by atoms with Crippen molar-refractivity contribution in [1.29, 1.82) is 0 Å². The summed E-state index contributed by atoms with van der Waals surface area (Å²) in [6, 6.07) is 10.2. The number of anilines is 2. The van der Waals surface area contributed by atoms with E-state index in [0.29, 0.717) is 27.4 Å². The molecule has 0 aromatic heterocycles. The first-order valence-corrected chi connectivity index (χ1v) is 8.64. The molecule has 26 heavy (non-hydrogen) atoms. The molecular formula is C17H15ClF2N2O3S. The third kappa shape index (κ3) is 5.60. The lowest BCUT2D eigenvalue weighted by Crippen LogP contribution is -2.30. The van der Waals surface area contributed by atoms with Crippen molar-refractivity contribution in [3.8, 4) is 0 Å². The molecule has 138 valence electrons. The van der Waals surface area contributed by atoms with Crippen LogP contribution >= 0.6 is 23.4 Å². The van der Waals surface area contributed by atoms with Crippen molar-refractivity contribution in [2.75, 3.05) is 11.1 Å². The highest BCUT2D eigenvalue weighted by Gasteiger charge is 2.20. The molecule has 0 radical (unpaired) electrons. The van der Waals surface area contributed by atoms with E-state index >= 15 is 0 Å². The minimum atomic E-state index is -2.52. The minimum Gasteiger partial charge on any atom is -0.449 e. The van der Waals surface area contributed by atoms with Gasteiger partial charge in [-0.25, -0.2) is 4.79 Å². The van der Waals surface area contributed by atoms with Crippen LogP contribution in [0.5, 0.6) is 0 Å². The van der Waals surface area contributed by atoms with Crippen LogP contribution in [-0.2, 0) is 9.53 Å². The zero-order valence-corrected chi connectivity index (χ0v) is 15.1. The van der Waals surface area contributed by atoms with Gasteiger partial charge in [-0.3, -0.25) is 4.79 Å². The summed E-state index contributed by atoms with van der Waals surface area (Å²) in [6.07, 6.45) is -1.09. The molecule has 0 fully saturated rings. The Morgan fingerprint density at radius 1 is 1.19 bits per heavy atom. The normalized spacial score (nSPS) is 11.9. The number of nitrogens with one attached hydrogen (secondary N) is 1. The highest BCUT2D eigenvalue weighted by atomic mass is 35.5. The number of hydrogen-bond acceptors (Lipinski definition) is 5. The predicted molar refractivity (Wildman–Crippen MR) is 97.7 cm³/mol. The lowest BCUT2D eigenvalue weighted by Gasteiger charge is -2.14. The highest BCUT2D eigenvalue weighted by molar-refractivity contribution is 7.99. The van der Waals surface area contributed by atoms with Crippen molar-refractivity contribution < 1.29 is 23.1 Å². The van der Waals surface area contributed by atoms with Gasteiger partial charge in [0.2, 0.25) is 0 Å². The Balaban J connectivity index is 1.95. The number of esters is 1. The number of carbonyl (C=O) groups is 2. The lowest BCUT2D eigenvalue weighted by atomic mass is 10.2. The monoisotopic (exact) mass is 400 g/mol. The van der Waals surface area contributed by atoms with E-state index < -0.39 is 23.7 Å². The maximum atomic E-state index is 12.3. The first-order chi connectivity index (χ1) is 12.3. The molecule has 9 heteroatoms. The molecule has 0 spiro atoms. The molecule has 0 aliphatic rings. The van der Waals surface area contributed by atoms with Crippen molar-refractivity contribution in [2.45, 2.75) is 23.7 Å². The van der Waals surface area contributed by atoms with Crippen LogP contribution < -0.4 is 11.1 Å². The van der Waals surface area contributed by atoms with Crippen LogP contribution in [0.1, 0.15) is 17.3 Å². The number of ether oxygens (including phenoxy) is 1. The maximum Gasteiger partial charge on any atom is 0.341 e. The third-order valence-electron chi connectivity index (χ3n) is 3.23. The molecule has 0 unspecified atom stereocenters. The standard InChI is InChI=1S/C17H15ClF2N2O3S/c1-9(25-16(24)13-7-2-10(18)8-14(13)21)15(23)22-11-3-5-12(6-4-11)26-17(19)20/h2-9,17H,21H2,1H3,(H,22,23)/t9-/m1/s1. The van der Waals surface area contributed by atoms with Gasteiger partial charge in [-0.1, -0.05) is 23.4 Å². The Labute approximate surface area is 157 Å². The van der Waals surface area contributed by atoms with Gasteiger partial charge in [0.1, 0.15) is 0 Å². The number of amides is 1. The van der Waals surface area contributed by atoms with Crippen LogP contribution in [0, 0.1) is 0 Å². The summed E-state index contributed by atoms with van der Waals surface area (Å²) in [6.45, 7) is 1.40. The number of halogens is 3. The summed E-state index contributed by atoms with van der Waals surface area (Å²) in [5.74, 6) is -3.85. The molecule has 0 aliphatic heterocycles. The van der Waals surface area contributed by atoms with Gasteiger partial charge in [-0.2, -0.15) is 8.78 Å². The van der Waals surface area contributed by atoms with E-state index in [1.165, 1.54) is 49.4 Å². The molecule has 0 aliphatic carbocycles. The van der Waals surface area contributed by atoms with Crippen LogP contribution in [-0.4, -0.2) is 23.7 Å². The number of alkyl halides is 2. The zero-order valence-electron chi connectivity index (χ0n) is 13.5. The van der Waals surface area contributed by atoms with Crippen molar-refractivity contribution in [1.82, 2.24) is 0 Å². The molecule has 1 atom stereocenters. The number of nitrogens with two attached hydrogens (primary N) is 1. The van der Waals surface area contributed by atoms with Gasteiger partial charge in [0.25, 0.3) is 11.7 Å². The average Bonchev–Trinajstić information content (AvgIpc) is 2.55. The molecule has 0 saturated heterocycles. The second kappa shape index (κ2) is 8.86. The summed E-state index contributed by atoms with van der Waals surface area (Å²) in [5.41, 5.74) is 6.34. The van der Waals surface area contributed by atoms with Crippen LogP contribution in [0.3, 0.4) is 0 Å². The van der Waals surface area contributed by atoms with Gasteiger partial charge in [0, 0.05) is 21.3 Å². The Morgan fingerprint density at radius 3 is 2.42 bits per heavy atom. The number of hydrogen-bond donors (Lipinski definition) is 2. The Hall–Kier alpha value is -2.32. The van der Waals surface area contributed by atoms with Crippen LogP contribution in [0.2, 0.25) is 5.02 Å². The van der Waals surface area contributed by atoms with Crippen LogP contribution in [0.4, 0.5) is 20.2 Å². The van der Waals surface area contributed by atoms with E-state index in [0.717, 1.165) is 0 Å². The Bertz CT molecular complexity index is 803. The SMILES string of the molecule is C[C@@H](OC(=O)c1ccc(Cl)cc1N)C(=O)Nc1ccc(SC(F)F)cc1. The number of benzene rings is 2. The van der Waals surface area contributed by atoms with E-state index in [9.17, 15) is 18.4 Å².